The van der Waals surface area contributed by atoms with Crippen molar-refractivity contribution in [2.24, 2.45) is 23.7 Å². The van der Waals surface area contributed by atoms with Gasteiger partial charge in [-0.2, -0.15) is 0 Å². The maximum Gasteiger partial charge on any atom is 0.238 e. The van der Waals surface area contributed by atoms with Crippen LogP contribution in [0.5, 0.6) is 0 Å². The van der Waals surface area contributed by atoms with E-state index in [4.69, 9.17) is 0 Å². The molecule has 5 rings (SSSR count). The summed E-state index contributed by atoms with van der Waals surface area (Å²) in [6, 6.07) is 7.66. The highest BCUT2D eigenvalue weighted by molar-refractivity contribution is 6.25. The fourth-order valence-corrected chi connectivity index (χ4v) is 4.62. The lowest BCUT2D eigenvalue weighted by Crippen LogP contribution is -2.33. The van der Waals surface area contributed by atoms with Crippen molar-refractivity contribution in [1.29, 1.82) is 0 Å². The van der Waals surface area contributed by atoms with Crippen LogP contribution < -0.4 is 4.90 Å². The Labute approximate surface area is 133 Å². The zero-order valence-corrected chi connectivity index (χ0v) is 12.8. The lowest BCUT2D eigenvalue weighted by atomic mass is 9.85. The van der Waals surface area contributed by atoms with E-state index in [1.807, 2.05) is 31.2 Å². The van der Waals surface area contributed by atoms with Crippen LogP contribution in [0, 0.1) is 30.6 Å². The maximum atomic E-state index is 13.0. The molecule has 0 spiro atoms. The average Bonchev–Trinajstić information content (AvgIpc) is 3.22. The summed E-state index contributed by atoms with van der Waals surface area (Å²) in [5.41, 5.74) is 2.46. The van der Waals surface area contributed by atoms with Crippen LogP contribution in [0.2, 0.25) is 0 Å². The van der Waals surface area contributed by atoms with Gasteiger partial charge in [0.15, 0.2) is 0 Å². The molecule has 1 aromatic heterocycles. The Morgan fingerprint density at radius 3 is 2.43 bits per heavy atom. The highest BCUT2D eigenvalue weighted by atomic mass is 16.2. The number of amides is 2. The second kappa shape index (κ2) is 4.28. The third-order valence-electron chi connectivity index (χ3n) is 5.68. The molecule has 2 aliphatic carbocycles. The fraction of sp³-hybridized carbons (Fsp3) is 0.316. The number of aryl methyl sites for hydroxylation is 1. The minimum Gasteiger partial charge on any atom is -0.274 e. The number of pyridine rings is 1. The van der Waals surface area contributed by atoms with Gasteiger partial charge in [-0.3, -0.25) is 14.6 Å². The summed E-state index contributed by atoms with van der Waals surface area (Å²) in [7, 11) is 0. The molecule has 2 bridgehead atoms. The van der Waals surface area contributed by atoms with Crippen LogP contribution in [0.15, 0.2) is 42.6 Å². The zero-order valence-electron chi connectivity index (χ0n) is 12.8. The summed E-state index contributed by atoms with van der Waals surface area (Å²) in [5.74, 6) is 0.0303. The monoisotopic (exact) mass is 304 g/mol. The molecule has 4 nitrogen and oxygen atoms in total. The Balaban J connectivity index is 1.68. The molecule has 0 unspecified atom stereocenters. The highest BCUT2D eigenvalue weighted by Gasteiger charge is 2.59. The number of carbonyl (C=O) groups is 2. The van der Waals surface area contributed by atoms with E-state index in [1.54, 1.807) is 6.20 Å². The lowest BCUT2D eigenvalue weighted by molar-refractivity contribution is -0.123. The first kappa shape index (κ1) is 13.0. The van der Waals surface area contributed by atoms with Crippen LogP contribution in [0.4, 0.5) is 5.69 Å². The SMILES string of the molecule is Cc1ccnc2c(N3C(=O)[C@@H]4[C@H](C3=O)[C@H]3C=C[C@H]4C3)cccc12. The second-order valence-electron chi connectivity index (χ2n) is 6.81. The summed E-state index contributed by atoms with van der Waals surface area (Å²) in [4.78, 5) is 31.8. The molecule has 4 atom stereocenters. The molecule has 2 amide bonds. The van der Waals surface area contributed by atoms with Gasteiger partial charge < -0.3 is 0 Å². The number of imide groups is 1. The highest BCUT2D eigenvalue weighted by Crippen LogP contribution is 2.53. The van der Waals surface area contributed by atoms with Gasteiger partial charge in [-0.1, -0.05) is 24.3 Å². The molecule has 114 valence electrons. The number of nitrogens with zero attached hydrogens (tertiary/aromatic N) is 2. The average molecular weight is 304 g/mol. The molecule has 23 heavy (non-hydrogen) atoms. The molecular weight excluding hydrogens is 288 g/mol. The number of carbonyl (C=O) groups excluding carboxylic acids is 2. The van der Waals surface area contributed by atoms with E-state index < -0.39 is 0 Å². The Kier molecular flexibility index (Phi) is 2.42. The Morgan fingerprint density at radius 1 is 1.04 bits per heavy atom. The third kappa shape index (κ3) is 1.53. The topological polar surface area (TPSA) is 50.3 Å². The van der Waals surface area contributed by atoms with Crippen molar-refractivity contribution < 1.29 is 9.59 Å². The smallest absolute Gasteiger partial charge is 0.238 e. The normalized spacial score (nSPS) is 31.4. The molecule has 3 aliphatic rings. The van der Waals surface area contributed by atoms with Gasteiger partial charge in [-0.05, 0) is 42.9 Å². The van der Waals surface area contributed by atoms with E-state index in [0.29, 0.717) is 5.69 Å². The molecule has 0 radical (unpaired) electrons. The van der Waals surface area contributed by atoms with Crippen LogP contribution in [0.1, 0.15) is 12.0 Å². The van der Waals surface area contributed by atoms with Crippen LogP contribution in [-0.2, 0) is 9.59 Å². The van der Waals surface area contributed by atoms with Crippen molar-refractivity contribution in [3.05, 3.63) is 48.2 Å². The summed E-state index contributed by atoms with van der Waals surface area (Å²) in [6.07, 6.45) is 6.92. The first-order valence-corrected chi connectivity index (χ1v) is 8.07. The van der Waals surface area contributed by atoms with Gasteiger partial charge in [0, 0.05) is 11.6 Å². The molecule has 1 aromatic carbocycles. The zero-order chi connectivity index (χ0) is 15.7. The van der Waals surface area contributed by atoms with E-state index in [9.17, 15) is 9.59 Å². The van der Waals surface area contributed by atoms with Crippen molar-refractivity contribution in [1.82, 2.24) is 4.98 Å². The minimum absolute atomic E-state index is 0.0485. The van der Waals surface area contributed by atoms with Crippen molar-refractivity contribution in [2.75, 3.05) is 4.90 Å². The molecule has 2 heterocycles. The number of rotatable bonds is 1. The van der Waals surface area contributed by atoms with Crippen molar-refractivity contribution in [3.8, 4) is 0 Å². The number of hydrogen-bond donors (Lipinski definition) is 0. The van der Waals surface area contributed by atoms with Crippen LogP contribution in [0.25, 0.3) is 10.9 Å². The van der Waals surface area contributed by atoms with E-state index in [-0.39, 0.29) is 35.5 Å². The van der Waals surface area contributed by atoms with Crippen molar-refractivity contribution >= 4 is 28.4 Å². The minimum atomic E-state index is -0.169. The predicted octanol–water partition coefficient (Wildman–Crippen LogP) is 2.85. The predicted molar refractivity (Wildman–Crippen MR) is 86.7 cm³/mol. The molecule has 4 heteroatoms. The maximum absolute atomic E-state index is 13.0. The van der Waals surface area contributed by atoms with Crippen molar-refractivity contribution in [3.63, 3.8) is 0 Å². The second-order valence-corrected chi connectivity index (χ2v) is 6.81. The summed E-state index contributed by atoms with van der Waals surface area (Å²) >= 11 is 0. The van der Waals surface area contributed by atoms with Gasteiger partial charge in [-0.25, -0.2) is 4.90 Å². The Bertz CT molecular complexity index is 871. The van der Waals surface area contributed by atoms with Crippen LogP contribution in [0.3, 0.4) is 0 Å². The Hall–Kier alpha value is -2.49. The third-order valence-corrected chi connectivity index (χ3v) is 5.68. The van der Waals surface area contributed by atoms with E-state index >= 15 is 0 Å². The van der Waals surface area contributed by atoms with Crippen molar-refractivity contribution in [2.45, 2.75) is 13.3 Å². The van der Waals surface area contributed by atoms with Gasteiger partial charge in [-0.15, -0.1) is 0 Å². The first-order chi connectivity index (χ1) is 11.2. The van der Waals surface area contributed by atoms with Crippen LogP contribution in [-0.4, -0.2) is 16.8 Å². The molecular formula is C19H16N2O2. The molecule has 1 aliphatic heterocycles. The lowest BCUT2D eigenvalue weighted by Gasteiger charge is -2.19. The molecule has 2 aromatic rings. The largest absolute Gasteiger partial charge is 0.274 e. The Morgan fingerprint density at radius 2 is 1.74 bits per heavy atom. The fourth-order valence-electron chi connectivity index (χ4n) is 4.62. The number of fused-ring (bicyclic) bond motifs is 6. The number of anilines is 1. The quantitative estimate of drug-likeness (QED) is 0.601. The van der Waals surface area contributed by atoms with E-state index in [0.717, 1.165) is 22.9 Å². The molecule has 1 saturated carbocycles. The molecule has 0 N–H and O–H groups in total. The summed E-state index contributed by atoms with van der Waals surface area (Å²) in [5, 5.41) is 0.990. The number of allylic oxidation sites excluding steroid dienone is 2. The van der Waals surface area contributed by atoms with E-state index in [2.05, 4.69) is 17.1 Å². The van der Waals surface area contributed by atoms with Gasteiger partial charge >= 0.3 is 0 Å². The van der Waals surface area contributed by atoms with Gasteiger partial charge in [0.1, 0.15) is 0 Å². The molecule has 1 saturated heterocycles. The number of aromatic nitrogens is 1. The van der Waals surface area contributed by atoms with Crippen LogP contribution >= 0.6 is 0 Å². The summed E-state index contributed by atoms with van der Waals surface area (Å²) in [6.45, 7) is 2.01. The van der Waals surface area contributed by atoms with E-state index in [1.165, 1.54) is 4.90 Å². The standard InChI is InChI=1S/C19H16N2O2/c1-10-7-8-20-17-13(10)3-2-4-14(17)21-18(22)15-11-5-6-12(9-11)16(15)19(21)23/h2-8,11-12,15-16H,9H2,1H3/t11-,12-,15-,16+/m0/s1. The van der Waals surface area contributed by atoms with Gasteiger partial charge in [0.05, 0.1) is 23.0 Å². The molecule has 2 fully saturated rings. The van der Waals surface area contributed by atoms with Gasteiger partial charge in [0.25, 0.3) is 0 Å². The number of benzene rings is 1. The summed E-state index contributed by atoms with van der Waals surface area (Å²) < 4.78 is 0. The number of hydrogen-bond acceptors (Lipinski definition) is 3. The number of para-hydroxylation sites is 1. The first-order valence-electron chi connectivity index (χ1n) is 8.07. The van der Waals surface area contributed by atoms with Gasteiger partial charge in [0.2, 0.25) is 11.8 Å².